The SMILES string of the molecule is CCC(NCc1ccccc1)N1C(=O)CCc2ccccc21. The molecule has 1 unspecified atom stereocenters. The molecule has 0 radical (unpaired) electrons. The third-order valence-corrected chi connectivity index (χ3v) is 4.21. The van der Waals surface area contributed by atoms with Gasteiger partial charge in [-0.3, -0.25) is 15.0 Å². The highest BCUT2D eigenvalue weighted by molar-refractivity contribution is 5.96. The Morgan fingerprint density at radius 1 is 1.05 bits per heavy atom. The smallest absolute Gasteiger partial charge is 0.228 e. The van der Waals surface area contributed by atoms with Crippen LogP contribution in [0.15, 0.2) is 54.6 Å². The summed E-state index contributed by atoms with van der Waals surface area (Å²) < 4.78 is 0. The molecule has 2 aromatic rings. The van der Waals surface area contributed by atoms with Crippen molar-refractivity contribution >= 4 is 11.6 Å². The summed E-state index contributed by atoms with van der Waals surface area (Å²) in [4.78, 5) is 14.4. The molecule has 0 fully saturated rings. The zero-order valence-electron chi connectivity index (χ0n) is 13.0. The molecule has 1 N–H and O–H groups in total. The van der Waals surface area contributed by atoms with Gasteiger partial charge in [0.25, 0.3) is 0 Å². The van der Waals surface area contributed by atoms with Crippen molar-refractivity contribution in [1.82, 2.24) is 5.32 Å². The molecule has 1 amide bonds. The lowest BCUT2D eigenvalue weighted by molar-refractivity contribution is -0.119. The van der Waals surface area contributed by atoms with Crippen LogP contribution < -0.4 is 10.2 Å². The molecule has 0 saturated carbocycles. The van der Waals surface area contributed by atoms with E-state index in [1.807, 2.05) is 35.2 Å². The summed E-state index contributed by atoms with van der Waals surface area (Å²) in [5.74, 6) is 0.214. The number of nitrogens with zero attached hydrogens (tertiary/aromatic N) is 1. The van der Waals surface area contributed by atoms with Gasteiger partial charge in [0.05, 0.1) is 6.17 Å². The van der Waals surface area contributed by atoms with Crippen LogP contribution in [0.5, 0.6) is 0 Å². The number of benzene rings is 2. The van der Waals surface area contributed by atoms with Crippen molar-refractivity contribution in [2.24, 2.45) is 0 Å². The molecule has 1 aliphatic heterocycles. The number of nitrogens with one attached hydrogen (secondary N) is 1. The van der Waals surface area contributed by atoms with Crippen LogP contribution in [0.4, 0.5) is 5.69 Å². The van der Waals surface area contributed by atoms with Gasteiger partial charge in [-0.1, -0.05) is 55.5 Å². The maximum absolute atomic E-state index is 12.5. The molecule has 1 atom stereocenters. The molecular formula is C19H22N2O. The van der Waals surface area contributed by atoms with Crippen molar-refractivity contribution in [2.45, 2.75) is 38.9 Å². The van der Waals surface area contributed by atoms with Crippen LogP contribution in [0.2, 0.25) is 0 Å². The Bertz CT molecular complexity index is 639. The average molecular weight is 294 g/mol. The van der Waals surface area contributed by atoms with E-state index in [1.54, 1.807) is 0 Å². The molecule has 2 aromatic carbocycles. The van der Waals surface area contributed by atoms with E-state index in [-0.39, 0.29) is 12.1 Å². The molecule has 114 valence electrons. The van der Waals surface area contributed by atoms with Gasteiger partial charge < -0.3 is 0 Å². The second-order valence-electron chi connectivity index (χ2n) is 5.68. The van der Waals surface area contributed by atoms with E-state index in [2.05, 4.69) is 36.5 Å². The number of hydrogen-bond donors (Lipinski definition) is 1. The second kappa shape index (κ2) is 6.75. The van der Waals surface area contributed by atoms with E-state index in [1.165, 1.54) is 11.1 Å². The zero-order chi connectivity index (χ0) is 15.4. The zero-order valence-corrected chi connectivity index (χ0v) is 13.0. The lowest BCUT2D eigenvalue weighted by Gasteiger charge is -2.36. The number of fused-ring (bicyclic) bond motifs is 1. The highest BCUT2D eigenvalue weighted by Crippen LogP contribution is 2.29. The molecule has 0 spiro atoms. The van der Waals surface area contributed by atoms with Crippen molar-refractivity contribution in [3.63, 3.8) is 0 Å². The molecule has 3 nitrogen and oxygen atoms in total. The Morgan fingerprint density at radius 2 is 1.77 bits per heavy atom. The van der Waals surface area contributed by atoms with Gasteiger partial charge in [0.1, 0.15) is 0 Å². The summed E-state index contributed by atoms with van der Waals surface area (Å²) in [6.07, 6.45) is 2.36. The molecule has 0 bridgehead atoms. The number of hydrogen-bond acceptors (Lipinski definition) is 2. The Kier molecular flexibility index (Phi) is 4.54. The van der Waals surface area contributed by atoms with Gasteiger partial charge in [0.15, 0.2) is 0 Å². The van der Waals surface area contributed by atoms with Crippen LogP contribution in [0, 0.1) is 0 Å². The molecule has 3 heteroatoms. The average Bonchev–Trinajstić information content (AvgIpc) is 2.58. The summed E-state index contributed by atoms with van der Waals surface area (Å²) in [5.41, 5.74) is 3.56. The number of amides is 1. The van der Waals surface area contributed by atoms with Crippen molar-refractivity contribution in [2.75, 3.05) is 4.90 Å². The summed E-state index contributed by atoms with van der Waals surface area (Å²) in [6, 6.07) is 18.5. The van der Waals surface area contributed by atoms with E-state index >= 15 is 0 Å². The molecule has 1 aliphatic rings. The number of para-hydroxylation sites is 1. The highest BCUT2D eigenvalue weighted by atomic mass is 16.2. The highest BCUT2D eigenvalue weighted by Gasteiger charge is 2.28. The van der Waals surface area contributed by atoms with Crippen molar-refractivity contribution in [1.29, 1.82) is 0 Å². The van der Waals surface area contributed by atoms with Crippen LogP contribution in [-0.2, 0) is 17.8 Å². The maximum Gasteiger partial charge on any atom is 0.228 e. The predicted molar refractivity (Wildman–Crippen MR) is 89.6 cm³/mol. The minimum atomic E-state index is 0.0363. The van der Waals surface area contributed by atoms with Crippen LogP contribution in [0.1, 0.15) is 30.9 Å². The second-order valence-corrected chi connectivity index (χ2v) is 5.68. The maximum atomic E-state index is 12.5. The topological polar surface area (TPSA) is 32.3 Å². The minimum absolute atomic E-state index is 0.0363. The number of rotatable bonds is 5. The minimum Gasteiger partial charge on any atom is -0.296 e. The first-order valence-electron chi connectivity index (χ1n) is 7.97. The van der Waals surface area contributed by atoms with Crippen molar-refractivity contribution in [3.05, 3.63) is 65.7 Å². The number of aryl methyl sites for hydroxylation is 1. The Balaban J connectivity index is 1.79. The van der Waals surface area contributed by atoms with E-state index in [0.29, 0.717) is 6.42 Å². The van der Waals surface area contributed by atoms with Crippen molar-refractivity contribution < 1.29 is 4.79 Å². The monoisotopic (exact) mass is 294 g/mol. The Morgan fingerprint density at radius 3 is 2.55 bits per heavy atom. The summed E-state index contributed by atoms with van der Waals surface area (Å²) in [5, 5.41) is 3.53. The van der Waals surface area contributed by atoms with E-state index < -0.39 is 0 Å². The third-order valence-electron chi connectivity index (χ3n) is 4.21. The quantitative estimate of drug-likeness (QED) is 0.915. The molecule has 0 aliphatic carbocycles. The fourth-order valence-electron chi connectivity index (χ4n) is 3.05. The fraction of sp³-hybridized carbons (Fsp3) is 0.316. The lowest BCUT2D eigenvalue weighted by Crippen LogP contribution is -2.50. The lowest BCUT2D eigenvalue weighted by atomic mass is 10.00. The van der Waals surface area contributed by atoms with Crippen LogP contribution in [0.3, 0.4) is 0 Å². The molecule has 3 rings (SSSR count). The number of carbonyl (C=O) groups is 1. The first-order chi connectivity index (χ1) is 10.8. The number of anilines is 1. The standard InChI is InChI=1S/C19H22N2O/c1-2-18(20-14-15-8-4-3-5-9-15)21-17-11-7-6-10-16(17)12-13-19(21)22/h3-11,18,20H,2,12-14H2,1H3. The first-order valence-corrected chi connectivity index (χ1v) is 7.97. The van der Waals surface area contributed by atoms with Crippen LogP contribution >= 0.6 is 0 Å². The van der Waals surface area contributed by atoms with Crippen LogP contribution in [0.25, 0.3) is 0 Å². The van der Waals surface area contributed by atoms with Gasteiger partial charge in [0, 0.05) is 18.7 Å². The third kappa shape index (κ3) is 3.04. The first kappa shape index (κ1) is 14.8. The van der Waals surface area contributed by atoms with Gasteiger partial charge in [-0.05, 0) is 30.0 Å². The largest absolute Gasteiger partial charge is 0.296 e. The Labute approximate surface area is 132 Å². The van der Waals surface area contributed by atoms with Crippen molar-refractivity contribution in [3.8, 4) is 0 Å². The van der Waals surface area contributed by atoms with Gasteiger partial charge in [-0.25, -0.2) is 0 Å². The molecule has 1 heterocycles. The van der Waals surface area contributed by atoms with Gasteiger partial charge >= 0.3 is 0 Å². The molecular weight excluding hydrogens is 272 g/mol. The van der Waals surface area contributed by atoms with E-state index in [0.717, 1.165) is 25.1 Å². The Hall–Kier alpha value is -2.13. The number of carbonyl (C=O) groups excluding carboxylic acids is 1. The van der Waals surface area contributed by atoms with Gasteiger partial charge in [0.2, 0.25) is 5.91 Å². The molecule has 0 saturated heterocycles. The summed E-state index contributed by atoms with van der Waals surface area (Å²) in [6.45, 7) is 2.89. The predicted octanol–water partition coefficient (Wildman–Crippen LogP) is 3.49. The summed E-state index contributed by atoms with van der Waals surface area (Å²) >= 11 is 0. The van der Waals surface area contributed by atoms with E-state index in [9.17, 15) is 4.79 Å². The van der Waals surface area contributed by atoms with E-state index in [4.69, 9.17) is 0 Å². The fourth-order valence-corrected chi connectivity index (χ4v) is 3.05. The normalized spacial score (nSPS) is 15.5. The summed E-state index contributed by atoms with van der Waals surface area (Å²) in [7, 11) is 0. The van der Waals surface area contributed by atoms with Crippen LogP contribution in [-0.4, -0.2) is 12.1 Å². The molecule has 0 aromatic heterocycles. The molecule has 22 heavy (non-hydrogen) atoms. The van der Waals surface area contributed by atoms with Gasteiger partial charge in [-0.2, -0.15) is 0 Å². The van der Waals surface area contributed by atoms with Gasteiger partial charge in [-0.15, -0.1) is 0 Å².